The van der Waals surface area contributed by atoms with Crippen LogP contribution in [0.5, 0.6) is 5.75 Å². The van der Waals surface area contributed by atoms with E-state index in [0.717, 1.165) is 82.6 Å². The number of aliphatic hydroxyl groups is 5. The molecule has 2 saturated carbocycles. The summed E-state index contributed by atoms with van der Waals surface area (Å²) in [6, 6.07) is 16.7. The lowest BCUT2D eigenvalue weighted by Crippen LogP contribution is -2.50. The molecule has 280 valence electrons. The van der Waals surface area contributed by atoms with Crippen LogP contribution in [-0.2, 0) is 26.8 Å². The second kappa shape index (κ2) is 18.0. The van der Waals surface area contributed by atoms with Crippen LogP contribution in [0.15, 0.2) is 65.8 Å². The number of aromatic nitrogens is 1. The van der Waals surface area contributed by atoms with E-state index in [1.54, 1.807) is 16.7 Å². The van der Waals surface area contributed by atoms with Gasteiger partial charge < -0.3 is 35.0 Å². The second-order valence-electron chi connectivity index (χ2n) is 13.9. The van der Waals surface area contributed by atoms with Gasteiger partial charge in [-0.3, -0.25) is 9.88 Å². The molecular formula is C38H52N2O9S2. The Kier molecular flexibility index (Phi) is 13.9. The molecule has 5 rings (SSSR count). The highest BCUT2D eigenvalue weighted by atomic mass is 32.2. The summed E-state index contributed by atoms with van der Waals surface area (Å²) in [7, 11) is -3.26. The number of aryl methyl sites for hydroxylation is 1. The number of rotatable bonds is 22. The summed E-state index contributed by atoms with van der Waals surface area (Å²) in [4.78, 5) is 7.34. The minimum atomic E-state index is -3.26. The van der Waals surface area contributed by atoms with Crippen molar-refractivity contribution in [1.82, 2.24) is 9.88 Å². The maximum absolute atomic E-state index is 11.8. The molecule has 2 aromatic carbocycles. The fourth-order valence-electron chi connectivity index (χ4n) is 6.02. The smallest absolute Gasteiger partial charge is 0.148 e. The molecule has 2 aliphatic rings. The number of thioether (sulfide) groups is 1. The molecule has 5 N–H and O–H groups in total. The van der Waals surface area contributed by atoms with Crippen molar-refractivity contribution < 1.29 is 43.4 Å². The molecule has 4 atom stereocenters. The number of aliphatic hydroxyl groups excluding tert-OH is 5. The van der Waals surface area contributed by atoms with Crippen molar-refractivity contribution in [3.05, 3.63) is 77.6 Å². The minimum absolute atomic E-state index is 0.0941. The average Bonchev–Trinajstić information content (AvgIpc) is 4.07. The molecule has 13 heteroatoms. The first kappa shape index (κ1) is 39.6. The first-order valence-corrected chi connectivity index (χ1v) is 20.7. The zero-order valence-electron chi connectivity index (χ0n) is 29.4. The van der Waals surface area contributed by atoms with Crippen LogP contribution < -0.4 is 4.74 Å². The summed E-state index contributed by atoms with van der Waals surface area (Å²) in [5, 5.41) is 49.4. The molecular weight excluding hydrogens is 693 g/mol. The molecule has 1 heterocycles. The van der Waals surface area contributed by atoms with E-state index in [-0.39, 0.29) is 18.8 Å². The third kappa shape index (κ3) is 11.4. The lowest BCUT2D eigenvalue weighted by molar-refractivity contribution is -0.119. The third-order valence-corrected chi connectivity index (χ3v) is 11.5. The first-order valence-electron chi connectivity index (χ1n) is 17.7. The van der Waals surface area contributed by atoms with Crippen LogP contribution in [0.3, 0.4) is 0 Å². The molecule has 0 spiro atoms. The highest BCUT2D eigenvalue weighted by Crippen LogP contribution is 2.53. The number of benzene rings is 2. The monoisotopic (exact) mass is 744 g/mol. The van der Waals surface area contributed by atoms with E-state index >= 15 is 0 Å². The molecule has 0 aliphatic heterocycles. The van der Waals surface area contributed by atoms with Crippen LogP contribution in [0.1, 0.15) is 55.2 Å². The second-order valence-corrected chi connectivity index (χ2v) is 17.3. The molecule has 0 saturated heterocycles. The first-order chi connectivity index (χ1) is 24.4. The van der Waals surface area contributed by atoms with Gasteiger partial charge in [-0.15, -0.1) is 11.8 Å². The largest absolute Gasteiger partial charge is 0.490 e. The van der Waals surface area contributed by atoms with Crippen LogP contribution in [0.25, 0.3) is 11.1 Å². The third-order valence-electron chi connectivity index (χ3n) is 9.52. The highest BCUT2D eigenvalue weighted by Gasteiger charge is 2.48. The molecule has 2 fully saturated rings. The summed E-state index contributed by atoms with van der Waals surface area (Å²) in [6.07, 6.45) is 4.29. The van der Waals surface area contributed by atoms with Gasteiger partial charge in [-0.25, -0.2) is 8.42 Å². The van der Waals surface area contributed by atoms with Gasteiger partial charge in [-0.2, -0.15) is 0 Å². The van der Waals surface area contributed by atoms with Crippen LogP contribution in [0, 0.1) is 6.92 Å². The quantitative estimate of drug-likeness (QED) is 0.0752. The number of pyridine rings is 1. The Morgan fingerprint density at radius 3 is 2.43 bits per heavy atom. The molecule has 0 unspecified atom stereocenters. The normalized spacial score (nSPS) is 18.0. The number of hydrogen-bond acceptors (Lipinski definition) is 12. The van der Waals surface area contributed by atoms with E-state index in [1.807, 2.05) is 30.6 Å². The summed E-state index contributed by atoms with van der Waals surface area (Å²) in [5.41, 5.74) is 5.14. The van der Waals surface area contributed by atoms with Crippen LogP contribution in [0.2, 0.25) is 0 Å². The van der Waals surface area contributed by atoms with E-state index in [1.165, 1.54) is 0 Å². The van der Waals surface area contributed by atoms with Crippen LogP contribution >= 0.6 is 11.8 Å². The molecule has 2 aliphatic carbocycles. The van der Waals surface area contributed by atoms with Gasteiger partial charge in [0, 0.05) is 47.8 Å². The van der Waals surface area contributed by atoms with Gasteiger partial charge in [0.15, 0.2) is 0 Å². The fourth-order valence-corrected chi connectivity index (χ4v) is 7.58. The van der Waals surface area contributed by atoms with E-state index < -0.39 is 46.5 Å². The standard InChI is InChI=1S/C38H52N2O9S2/c1-26-9-12-29(50-19-6-5-17-40(18-20-51(2,46)47)23-33(42)36(44)37(45)34(43)24-41)21-27(26)25-48-38(14-15-38)32-22-39-16-13-30(32)31-7-3-4-8-35(31)49-28-10-11-28/h3-4,7-9,12-13,16,21-22,28,33-34,36-37,41-45H,5-6,10-11,14-15,17-20,23-25H2,1-2H3/t33-,34+,36+,37+/m0/s1. The summed E-state index contributed by atoms with van der Waals surface area (Å²) in [6.45, 7) is 2.33. The predicted molar refractivity (Wildman–Crippen MR) is 197 cm³/mol. The fraction of sp³-hybridized carbons (Fsp3) is 0.553. The van der Waals surface area contributed by atoms with Crippen molar-refractivity contribution in [2.24, 2.45) is 0 Å². The SMILES string of the molecule is Cc1ccc(SCCCCN(CCS(C)(=O)=O)C[C@H](O)[C@@H](O)[C@H](O)[C@H](O)CO)cc1COC1(c2cnccc2-c2ccccc2OC2CC2)CC1. The van der Waals surface area contributed by atoms with Gasteiger partial charge >= 0.3 is 0 Å². The van der Waals surface area contributed by atoms with Crippen molar-refractivity contribution in [2.45, 2.75) is 93.1 Å². The Labute approximate surface area is 305 Å². The highest BCUT2D eigenvalue weighted by molar-refractivity contribution is 7.99. The molecule has 1 aromatic heterocycles. The Balaban J connectivity index is 1.15. The summed E-state index contributed by atoms with van der Waals surface area (Å²) >= 11 is 1.73. The van der Waals surface area contributed by atoms with Crippen molar-refractivity contribution in [2.75, 3.05) is 44.0 Å². The number of unbranched alkanes of at least 4 members (excludes halogenated alkanes) is 1. The van der Waals surface area contributed by atoms with Gasteiger partial charge in [-0.05, 0) is 98.7 Å². The molecule has 11 nitrogen and oxygen atoms in total. The Morgan fingerprint density at radius 2 is 1.73 bits per heavy atom. The number of nitrogens with zero attached hydrogens (tertiary/aromatic N) is 2. The number of ether oxygens (including phenoxy) is 2. The van der Waals surface area contributed by atoms with E-state index in [2.05, 4.69) is 42.2 Å². The van der Waals surface area contributed by atoms with Crippen molar-refractivity contribution in [3.63, 3.8) is 0 Å². The van der Waals surface area contributed by atoms with Crippen molar-refractivity contribution in [1.29, 1.82) is 0 Å². The predicted octanol–water partition coefficient (Wildman–Crippen LogP) is 3.46. The maximum Gasteiger partial charge on any atom is 0.148 e. The van der Waals surface area contributed by atoms with Gasteiger partial charge in [0.1, 0.15) is 33.9 Å². The maximum atomic E-state index is 11.8. The van der Waals surface area contributed by atoms with E-state index in [0.29, 0.717) is 25.7 Å². The van der Waals surface area contributed by atoms with E-state index in [4.69, 9.17) is 14.6 Å². The lowest BCUT2D eigenvalue weighted by atomic mass is 9.96. The van der Waals surface area contributed by atoms with Gasteiger partial charge in [0.05, 0.1) is 36.8 Å². The lowest BCUT2D eigenvalue weighted by Gasteiger charge is -2.30. The number of hydrogen-bond donors (Lipinski definition) is 5. The Morgan fingerprint density at radius 1 is 0.980 bits per heavy atom. The van der Waals surface area contributed by atoms with E-state index in [9.17, 15) is 28.8 Å². The molecule has 0 bridgehead atoms. The zero-order valence-corrected chi connectivity index (χ0v) is 31.1. The van der Waals surface area contributed by atoms with Crippen molar-refractivity contribution in [3.8, 4) is 16.9 Å². The van der Waals surface area contributed by atoms with Gasteiger partial charge in [0.2, 0.25) is 0 Å². The molecule has 0 radical (unpaired) electrons. The Bertz CT molecular complexity index is 1680. The number of sulfone groups is 1. The molecule has 0 amide bonds. The van der Waals surface area contributed by atoms with Gasteiger partial charge in [0.25, 0.3) is 0 Å². The van der Waals surface area contributed by atoms with Crippen molar-refractivity contribution >= 4 is 21.6 Å². The molecule has 51 heavy (non-hydrogen) atoms. The zero-order chi connectivity index (χ0) is 36.6. The van der Waals surface area contributed by atoms with Crippen LogP contribution in [-0.4, -0.2) is 118 Å². The number of para-hydroxylation sites is 1. The van der Waals surface area contributed by atoms with Gasteiger partial charge in [-0.1, -0.05) is 24.3 Å². The topological polar surface area (TPSA) is 170 Å². The molecule has 3 aromatic rings. The Hall–Kier alpha value is -2.59. The summed E-state index contributed by atoms with van der Waals surface area (Å²) in [5.74, 6) is 1.60. The minimum Gasteiger partial charge on any atom is -0.490 e. The average molecular weight is 745 g/mol. The van der Waals surface area contributed by atoms with Crippen LogP contribution in [0.4, 0.5) is 0 Å². The summed E-state index contributed by atoms with van der Waals surface area (Å²) < 4.78 is 36.6.